The minimum atomic E-state index is -0.139. The van der Waals surface area contributed by atoms with Crippen molar-refractivity contribution in [2.45, 2.75) is 20.0 Å². The number of rotatable bonds is 5. The molecule has 0 aliphatic rings. The number of pyridine rings is 1. The van der Waals surface area contributed by atoms with Crippen LogP contribution < -0.4 is 10.7 Å². The number of benzene rings is 2. The van der Waals surface area contributed by atoms with Crippen molar-refractivity contribution in [3.8, 4) is 11.3 Å². The Kier molecular flexibility index (Phi) is 5.47. The van der Waals surface area contributed by atoms with Crippen molar-refractivity contribution >= 4 is 39.7 Å². The molecular formula is C22H18ClN3O2S. The van der Waals surface area contributed by atoms with Crippen LogP contribution in [0.1, 0.15) is 9.88 Å². The van der Waals surface area contributed by atoms with E-state index >= 15 is 0 Å². The molecule has 0 radical (unpaired) electrons. The van der Waals surface area contributed by atoms with E-state index in [-0.39, 0.29) is 17.9 Å². The molecule has 2 aromatic heterocycles. The first-order chi connectivity index (χ1) is 14.0. The molecule has 1 amide bonds. The van der Waals surface area contributed by atoms with Gasteiger partial charge in [-0.2, -0.15) is 0 Å². The lowest BCUT2D eigenvalue weighted by molar-refractivity contribution is -0.121. The lowest BCUT2D eigenvalue weighted by Gasteiger charge is -2.10. The average molecular weight is 424 g/mol. The molecule has 0 bridgehead atoms. The lowest BCUT2D eigenvalue weighted by Crippen LogP contribution is -2.27. The molecule has 5 nitrogen and oxygen atoms in total. The van der Waals surface area contributed by atoms with Gasteiger partial charge in [0.05, 0.1) is 17.8 Å². The van der Waals surface area contributed by atoms with Crippen LogP contribution >= 0.6 is 22.9 Å². The number of fused-ring (bicyclic) bond motifs is 1. The summed E-state index contributed by atoms with van der Waals surface area (Å²) in [5, 5.41) is 5.04. The first-order valence-electron chi connectivity index (χ1n) is 9.08. The molecule has 0 aliphatic heterocycles. The maximum atomic E-state index is 12.5. The van der Waals surface area contributed by atoms with Gasteiger partial charge in [-0.05, 0) is 31.2 Å². The molecule has 0 fully saturated rings. The van der Waals surface area contributed by atoms with Crippen LogP contribution in [0.5, 0.6) is 0 Å². The second kappa shape index (κ2) is 8.19. The number of carbonyl (C=O) groups excluding carboxylic acids is 1. The van der Waals surface area contributed by atoms with Gasteiger partial charge >= 0.3 is 0 Å². The topological polar surface area (TPSA) is 64.0 Å². The Morgan fingerprint density at radius 1 is 1.14 bits per heavy atom. The molecule has 0 aliphatic carbocycles. The molecule has 146 valence electrons. The van der Waals surface area contributed by atoms with Crippen LogP contribution in [0.4, 0.5) is 0 Å². The van der Waals surface area contributed by atoms with E-state index in [1.807, 2.05) is 49.4 Å². The first kappa shape index (κ1) is 19.4. The monoisotopic (exact) mass is 423 g/mol. The predicted molar refractivity (Wildman–Crippen MR) is 117 cm³/mol. The second-order valence-electron chi connectivity index (χ2n) is 6.62. The molecule has 2 heterocycles. The zero-order valence-corrected chi connectivity index (χ0v) is 17.3. The summed E-state index contributed by atoms with van der Waals surface area (Å²) in [5.41, 5.74) is 2.60. The number of para-hydroxylation sites is 1. The number of thiazole rings is 1. The van der Waals surface area contributed by atoms with Crippen molar-refractivity contribution in [1.29, 1.82) is 0 Å². The number of halogens is 1. The second-order valence-corrected chi connectivity index (χ2v) is 8.35. The highest BCUT2D eigenvalue weighted by atomic mass is 35.5. The zero-order chi connectivity index (χ0) is 20.4. The Bertz CT molecular complexity index is 1250. The van der Waals surface area contributed by atoms with Crippen molar-refractivity contribution in [2.75, 3.05) is 0 Å². The van der Waals surface area contributed by atoms with E-state index in [4.69, 9.17) is 11.6 Å². The highest BCUT2D eigenvalue weighted by Gasteiger charge is 2.12. The third-order valence-electron chi connectivity index (χ3n) is 4.59. The fourth-order valence-electron chi connectivity index (χ4n) is 3.19. The Morgan fingerprint density at radius 2 is 1.90 bits per heavy atom. The van der Waals surface area contributed by atoms with Gasteiger partial charge < -0.3 is 9.88 Å². The third-order valence-corrected chi connectivity index (χ3v) is 5.82. The van der Waals surface area contributed by atoms with Crippen LogP contribution in [0.25, 0.3) is 22.2 Å². The fraction of sp³-hybridized carbons (Fsp3) is 0.136. The summed E-state index contributed by atoms with van der Waals surface area (Å²) in [7, 11) is 0. The molecule has 4 aromatic rings. The number of nitrogens with one attached hydrogen (secondary N) is 1. The van der Waals surface area contributed by atoms with Crippen molar-refractivity contribution in [3.05, 3.63) is 85.9 Å². The number of amides is 1. The van der Waals surface area contributed by atoms with Crippen molar-refractivity contribution < 1.29 is 4.79 Å². The largest absolute Gasteiger partial charge is 0.348 e. The van der Waals surface area contributed by atoms with E-state index in [9.17, 15) is 9.59 Å². The molecule has 7 heteroatoms. The van der Waals surface area contributed by atoms with Crippen molar-refractivity contribution in [3.63, 3.8) is 0 Å². The normalized spacial score (nSPS) is 11.0. The van der Waals surface area contributed by atoms with Gasteiger partial charge in [0.1, 0.15) is 11.6 Å². The molecule has 0 atom stereocenters. The molecule has 1 N–H and O–H groups in total. The fourth-order valence-corrected chi connectivity index (χ4v) is 4.21. The van der Waals surface area contributed by atoms with Gasteiger partial charge in [0.2, 0.25) is 5.91 Å². The number of hydrogen-bond acceptors (Lipinski definition) is 4. The lowest BCUT2D eigenvalue weighted by atomic mass is 10.1. The average Bonchev–Trinajstić information content (AvgIpc) is 3.10. The van der Waals surface area contributed by atoms with E-state index < -0.39 is 0 Å². The first-order valence-corrected chi connectivity index (χ1v) is 10.3. The highest BCUT2D eigenvalue weighted by molar-refractivity contribution is 7.12. The van der Waals surface area contributed by atoms with E-state index in [0.717, 1.165) is 26.7 Å². The summed E-state index contributed by atoms with van der Waals surface area (Å²) in [5.74, 6) is -0.139. The predicted octanol–water partition coefficient (Wildman–Crippen LogP) is 4.40. The molecule has 0 saturated heterocycles. The number of nitrogens with zero attached hydrogens (tertiary/aromatic N) is 2. The molecule has 4 rings (SSSR count). The zero-order valence-electron chi connectivity index (χ0n) is 15.7. The Hall–Kier alpha value is -2.96. The maximum Gasteiger partial charge on any atom is 0.240 e. The van der Waals surface area contributed by atoms with E-state index in [2.05, 4.69) is 10.3 Å². The summed E-state index contributed by atoms with van der Waals surface area (Å²) >= 11 is 7.51. The summed E-state index contributed by atoms with van der Waals surface area (Å²) in [4.78, 5) is 30.2. The third kappa shape index (κ3) is 4.23. The number of aromatic nitrogens is 2. The van der Waals surface area contributed by atoms with Crippen molar-refractivity contribution in [1.82, 2.24) is 14.9 Å². The summed E-state index contributed by atoms with van der Waals surface area (Å²) in [6, 6.07) is 16.3. The Morgan fingerprint density at radius 3 is 2.69 bits per heavy atom. The summed E-state index contributed by atoms with van der Waals surface area (Å²) < 4.78 is 1.78. The number of hydrogen-bond donors (Lipinski definition) is 1. The maximum absolute atomic E-state index is 12.5. The number of carbonyl (C=O) groups is 1. The van der Waals surface area contributed by atoms with E-state index in [0.29, 0.717) is 17.0 Å². The highest BCUT2D eigenvalue weighted by Crippen LogP contribution is 2.28. The minimum Gasteiger partial charge on any atom is -0.348 e. The smallest absolute Gasteiger partial charge is 0.240 e. The van der Waals surface area contributed by atoms with E-state index in [1.165, 1.54) is 6.07 Å². The van der Waals surface area contributed by atoms with E-state index in [1.54, 1.807) is 28.2 Å². The van der Waals surface area contributed by atoms with Gasteiger partial charge in [-0.1, -0.05) is 35.9 Å². The number of aryl methyl sites for hydroxylation is 1. The van der Waals surface area contributed by atoms with Gasteiger partial charge in [0.15, 0.2) is 5.43 Å². The van der Waals surface area contributed by atoms with Gasteiger partial charge in [-0.3, -0.25) is 9.59 Å². The van der Waals surface area contributed by atoms with Crippen LogP contribution in [-0.2, 0) is 17.9 Å². The minimum absolute atomic E-state index is 0.0507. The van der Waals surface area contributed by atoms with Gasteiger partial charge in [-0.15, -0.1) is 11.3 Å². The molecule has 29 heavy (non-hydrogen) atoms. The molecule has 0 unspecified atom stereocenters. The molecular weight excluding hydrogens is 406 g/mol. The van der Waals surface area contributed by atoms with Crippen molar-refractivity contribution in [2.24, 2.45) is 0 Å². The van der Waals surface area contributed by atoms with Crippen LogP contribution in [-0.4, -0.2) is 15.5 Å². The summed E-state index contributed by atoms with van der Waals surface area (Å²) in [6.07, 6.45) is 1.65. The SMILES string of the molecule is Cc1sc(CNC(=O)Cn2ccc(=O)c3ccccc32)nc1-c1ccc(Cl)cc1. The standard InChI is InChI=1S/C22H18ClN3O2S/c1-14-22(15-6-8-16(23)9-7-15)25-21(29-14)12-24-20(28)13-26-11-10-19(27)17-4-2-3-5-18(17)26/h2-11H,12-13H2,1H3,(H,24,28). The van der Waals surface area contributed by atoms with Crippen LogP contribution in [0.15, 0.2) is 65.6 Å². The quantitative estimate of drug-likeness (QED) is 0.517. The van der Waals surface area contributed by atoms with Crippen LogP contribution in [0, 0.1) is 6.92 Å². The van der Waals surface area contributed by atoms with Crippen LogP contribution in [0.3, 0.4) is 0 Å². The van der Waals surface area contributed by atoms with Gasteiger partial charge in [-0.25, -0.2) is 4.98 Å². The summed E-state index contributed by atoms with van der Waals surface area (Å²) in [6.45, 7) is 2.50. The van der Waals surface area contributed by atoms with Gasteiger partial charge in [0.25, 0.3) is 0 Å². The Balaban J connectivity index is 1.46. The van der Waals surface area contributed by atoms with Crippen LogP contribution in [0.2, 0.25) is 5.02 Å². The molecule has 0 saturated carbocycles. The Labute approximate surface area is 176 Å². The molecule has 2 aromatic carbocycles. The van der Waals surface area contributed by atoms with Gasteiger partial charge in [0, 0.05) is 33.1 Å². The molecule has 0 spiro atoms.